The van der Waals surface area contributed by atoms with Crippen molar-refractivity contribution in [3.05, 3.63) is 59.2 Å². The highest BCUT2D eigenvalue weighted by Gasteiger charge is 2.06. The van der Waals surface area contributed by atoms with Gasteiger partial charge in [-0.05, 0) is 54.3 Å². The molecule has 0 aromatic heterocycles. The monoisotopic (exact) mass is 377 g/mol. The summed E-state index contributed by atoms with van der Waals surface area (Å²) in [6, 6.07) is 9.25. The first-order chi connectivity index (χ1) is 13.1. The fourth-order valence-corrected chi connectivity index (χ4v) is 2.63. The van der Waals surface area contributed by atoms with Crippen molar-refractivity contribution in [3.8, 4) is 11.5 Å². The highest BCUT2D eigenvalue weighted by molar-refractivity contribution is 5.79. The zero-order valence-electron chi connectivity index (χ0n) is 15.8. The van der Waals surface area contributed by atoms with Crippen LogP contribution in [0.5, 0.6) is 11.5 Å². The molecule has 0 bridgehead atoms. The number of benzene rings is 2. The summed E-state index contributed by atoms with van der Waals surface area (Å²) in [7, 11) is 4.87. The molecule has 2 N–H and O–H groups in total. The molecule has 2 aromatic rings. The van der Waals surface area contributed by atoms with Crippen molar-refractivity contribution in [1.29, 1.82) is 0 Å². The number of ether oxygens (including phenoxy) is 2. The molecule has 0 fully saturated rings. The van der Waals surface area contributed by atoms with Gasteiger partial charge in [0.15, 0.2) is 17.5 Å². The second-order valence-electron chi connectivity index (χ2n) is 5.85. The number of rotatable bonds is 8. The lowest BCUT2D eigenvalue weighted by atomic mass is 10.1. The second-order valence-corrected chi connectivity index (χ2v) is 5.85. The maximum atomic E-state index is 13.6. The van der Waals surface area contributed by atoms with Gasteiger partial charge in [-0.25, -0.2) is 8.78 Å². The third kappa shape index (κ3) is 6.13. The van der Waals surface area contributed by atoms with E-state index in [-0.39, 0.29) is 0 Å². The van der Waals surface area contributed by atoms with Crippen molar-refractivity contribution in [3.63, 3.8) is 0 Å². The van der Waals surface area contributed by atoms with Crippen LogP contribution in [0.3, 0.4) is 0 Å². The topological polar surface area (TPSA) is 54.9 Å². The summed E-state index contributed by atoms with van der Waals surface area (Å²) in [4.78, 5) is 4.13. The summed E-state index contributed by atoms with van der Waals surface area (Å²) in [5, 5.41) is 6.29. The van der Waals surface area contributed by atoms with E-state index in [1.807, 2.05) is 18.2 Å². The molecule has 146 valence electrons. The first-order valence-electron chi connectivity index (χ1n) is 8.66. The van der Waals surface area contributed by atoms with Crippen LogP contribution in [0.4, 0.5) is 8.78 Å². The van der Waals surface area contributed by atoms with Gasteiger partial charge in [0, 0.05) is 20.1 Å². The van der Waals surface area contributed by atoms with Crippen molar-refractivity contribution in [2.75, 3.05) is 34.4 Å². The van der Waals surface area contributed by atoms with Gasteiger partial charge in [0.1, 0.15) is 11.6 Å². The molecule has 0 radical (unpaired) electrons. The Kier molecular flexibility index (Phi) is 7.85. The highest BCUT2D eigenvalue weighted by Crippen LogP contribution is 2.27. The van der Waals surface area contributed by atoms with Crippen molar-refractivity contribution in [1.82, 2.24) is 10.6 Å². The van der Waals surface area contributed by atoms with E-state index in [4.69, 9.17) is 9.47 Å². The number of aliphatic imine (C=N–C) groups is 1. The van der Waals surface area contributed by atoms with Gasteiger partial charge in [-0.2, -0.15) is 0 Å². The predicted octanol–water partition coefficient (Wildman–Crippen LogP) is 2.93. The van der Waals surface area contributed by atoms with Crippen LogP contribution in [0.1, 0.15) is 11.1 Å². The van der Waals surface area contributed by atoms with Gasteiger partial charge in [-0.1, -0.05) is 6.07 Å². The minimum atomic E-state index is -0.441. The third-order valence-corrected chi connectivity index (χ3v) is 4.07. The number of nitrogens with one attached hydrogen (secondary N) is 2. The summed E-state index contributed by atoms with van der Waals surface area (Å²) in [6.07, 6.45) is 1.12. The molecule has 0 spiro atoms. The Labute approximate surface area is 158 Å². The highest BCUT2D eigenvalue weighted by atomic mass is 19.1. The molecule has 0 saturated heterocycles. The molecule has 2 rings (SSSR count). The van der Waals surface area contributed by atoms with Crippen LogP contribution in [0.2, 0.25) is 0 Å². The molecule has 0 aliphatic carbocycles. The van der Waals surface area contributed by atoms with Crippen LogP contribution in [-0.2, 0) is 12.8 Å². The first kappa shape index (κ1) is 20.5. The van der Waals surface area contributed by atoms with Crippen LogP contribution in [0, 0.1) is 11.6 Å². The molecular weight excluding hydrogens is 352 g/mol. The van der Waals surface area contributed by atoms with Gasteiger partial charge in [0.05, 0.1) is 14.2 Å². The first-order valence-corrected chi connectivity index (χ1v) is 8.66. The van der Waals surface area contributed by atoms with E-state index >= 15 is 0 Å². The average Bonchev–Trinajstić information content (AvgIpc) is 2.69. The minimum absolute atomic E-state index is 0.336. The largest absolute Gasteiger partial charge is 0.493 e. The van der Waals surface area contributed by atoms with Crippen molar-refractivity contribution < 1.29 is 18.3 Å². The Hall–Kier alpha value is -2.83. The molecule has 0 unspecified atom stereocenters. The molecular formula is C20H25F2N3O2. The summed E-state index contributed by atoms with van der Waals surface area (Å²) >= 11 is 0. The van der Waals surface area contributed by atoms with Crippen LogP contribution in [0.15, 0.2) is 41.4 Å². The number of guanidine groups is 1. The Morgan fingerprint density at radius 3 is 2.30 bits per heavy atom. The fourth-order valence-electron chi connectivity index (χ4n) is 2.63. The Bertz CT molecular complexity index is 782. The zero-order valence-corrected chi connectivity index (χ0v) is 15.8. The van der Waals surface area contributed by atoms with Crippen molar-refractivity contribution in [2.24, 2.45) is 4.99 Å². The molecule has 27 heavy (non-hydrogen) atoms. The molecule has 7 heteroatoms. The van der Waals surface area contributed by atoms with Crippen LogP contribution < -0.4 is 20.1 Å². The molecule has 0 atom stereocenters. The Balaban J connectivity index is 1.79. The lowest BCUT2D eigenvalue weighted by Gasteiger charge is -2.13. The smallest absolute Gasteiger partial charge is 0.190 e. The minimum Gasteiger partial charge on any atom is -0.493 e. The van der Waals surface area contributed by atoms with Gasteiger partial charge < -0.3 is 20.1 Å². The van der Waals surface area contributed by atoms with E-state index < -0.39 is 11.6 Å². The number of methoxy groups -OCH3 is 2. The number of hydrogen-bond donors (Lipinski definition) is 2. The maximum absolute atomic E-state index is 13.6. The van der Waals surface area contributed by atoms with Crippen LogP contribution in [-0.4, -0.2) is 40.3 Å². The molecule has 0 amide bonds. The van der Waals surface area contributed by atoms with E-state index in [0.717, 1.165) is 24.1 Å². The zero-order chi connectivity index (χ0) is 19.6. The Morgan fingerprint density at radius 2 is 1.63 bits per heavy atom. The normalized spacial score (nSPS) is 11.2. The van der Waals surface area contributed by atoms with Crippen LogP contribution in [0.25, 0.3) is 0 Å². The molecule has 5 nitrogen and oxygen atoms in total. The lowest BCUT2D eigenvalue weighted by Crippen LogP contribution is -2.39. The van der Waals surface area contributed by atoms with Gasteiger partial charge in [-0.3, -0.25) is 4.99 Å². The summed E-state index contributed by atoms with van der Waals surface area (Å²) < 4.78 is 37.3. The van der Waals surface area contributed by atoms with Gasteiger partial charge in [0.25, 0.3) is 0 Å². The Morgan fingerprint density at radius 1 is 0.926 bits per heavy atom. The summed E-state index contributed by atoms with van der Waals surface area (Å²) in [5.74, 6) is 1.14. The standard InChI is InChI=1S/C20H25F2N3O2/c1-23-20(25-11-9-15-13-16(21)5-6-17(15)22)24-10-8-14-4-7-18(26-2)19(12-14)27-3/h4-7,12-13H,8-11H2,1-3H3,(H2,23,24,25). The van der Waals surface area contributed by atoms with Crippen LogP contribution >= 0.6 is 0 Å². The van der Waals surface area contributed by atoms with E-state index in [1.54, 1.807) is 21.3 Å². The third-order valence-electron chi connectivity index (χ3n) is 4.07. The second kappa shape index (κ2) is 10.4. The number of hydrogen-bond acceptors (Lipinski definition) is 3. The molecule has 2 aromatic carbocycles. The quantitative estimate of drug-likeness (QED) is 0.549. The summed E-state index contributed by atoms with van der Waals surface area (Å²) in [6.45, 7) is 1.10. The van der Waals surface area contributed by atoms with E-state index in [9.17, 15) is 8.78 Å². The van der Waals surface area contributed by atoms with Crippen molar-refractivity contribution >= 4 is 5.96 Å². The maximum Gasteiger partial charge on any atom is 0.190 e. The number of nitrogens with zero attached hydrogens (tertiary/aromatic N) is 1. The lowest BCUT2D eigenvalue weighted by molar-refractivity contribution is 0.354. The van der Waals surface area contributed by atoms with Gasteiger partial charge in [-0.15, -0.1) is 0 Å². The van der Waals surface area contributed by atoms with Gasteiger partial charge in [0.2, 0.25) is 0 Å². The van der Waals surface area contributed by atoms with Crippen molar-refractivity contribution in [2.45, 2.75) is 12.8 Å². The van der Waals surface area contributed by atoms with E-state index in [1.165, 1.54) is 6.07 Å². The molecule has 0 saturated carbocycles. The SMILES string of the molecule is CN=C(NCCc1ccc(OC)c(OC)c1)NCCc1cc(F)ccc1F. The van der Waals surface area contributed by atoms with E-state index in [2.05, 4.69) is 15.6 Å². The average molecular weight is 377 g/mol. The molecule has 0 aliphatic heterocycles. The number of halogens is 2. The van der Waals surface area contributed by atoms with Gasteiger partial charge >= 0.3 is 0 Å². The summed E-state index contributed by atoms with van der Waals surface area (Å²) in [5.41, 5.74) is 1.43. The molecule has 0 aliphatic rings. The molecule has 0 heterocycles. The predicted molar refractivity (Wildman–Crippen MR) is 103 cm³/mol. The van der Waals surface area contributed by atoms with E-state index in [0.29, 0.717) is 42.5 Å². The fraction of sp³-hybridized carbons (Fsp3) is 0.350.